The number of hydrogen-bond acceptors (Lipinski definition) is 4. The highest BCUT2D eigenvalue weighted by atomic mass is 16.3. The first-order valence-corrected chi connectivity index (χ1v) is 13.0. The van der Waals surface area contributed by atoms with Crippen LogP contribution in [0.1, 0.15) is 0 Å². The molecule has 0 saturated carbocycles. The SMILES string of the molecule is c1ccc(-c2nc(-c3ccccc3)nc(-c3cc4ccccc4c4c3oc3ccc5ccccc5c34)n2)cc1. The van der Waals surface area contributed by atoms with Gasteiger partial charge in [-0.3, -0.25) is 0 Å². The molecule has 8 aromatic rings. The van der Waals surface area contributed by atoms with Gasteiger partial charge in [0.25, 0.3) is 0 Å². The molecule has 0 unspecified atom stereocenters. The number of hydrogen-bond donors (Lipinski definition) is 0. The maximum absolute atomic E-state index is 6.64. The first kappa shape index (κ1) is 21.7. The smallest absolute Gasteiger partial charge is 0.167 e. The van der Waals surface area contributed by atoms with Crippen molar-refractivity contribution in [2.24, 2.45) is 0 Å². The first-order valence-electron chi connectivity index (χ1n) is 13.0. The van der Waals surface area contributed by atoms with Gasteiger partial charge >= 0.3 is 0 Å². The normalized spacial score (nSPS) is 11.6. The molecule has 0 bridgehead atoms. The average molecular weight is 500 g/mol. The lowest BCUT2D eigenvalue weighted by Crippen LogP contribution is -2.00. The summed E-state index contributed by atoms with van der Waals surface area (Å²) in [5.41, 5.74) is 4.35. The Bertz CT molecular complexity index is 2110. The molecule has 6 aromatic carbocycles. The van der Waals surface area contributed by atoms with Crippen LogP contribution >= 0.6 is 0 Å². The Balaban J connectivity index is 1.51. The van der Waals surface area contributed by atoms with Crippen molar-refractivity contribution in [1.29, 1.82) is 0 Å². The Morgan fingerprint density at radius 2 is 0.974 bits per heavy atom. The summed E-state index contributed by atoms with van der Waals surface area (Å²) < 4.78 is 6.64. The second-order valence-corrected chi connectivity index (χ2v) is 9.65. The van der Waals surface area contributed by atoms with E-state index in [0.29, 0.717) is 17.5 Å². The van der Waals surface area contributed by atoms with Gasteiger partial charge in [0.1, 0.15) is 11.2 Å². The molecule has 2 heterocycles. The predicted molar refractivity (Wildman–Crippen MR) is 158 cm³/mol. The second kappa shape index (κ2) is 8.61. The van der Waals surface area contributed by atoms with Crippen LogP contribution in [-0.2, 0) is 0 Å². The zero-order valence-electron chi connectivity index (χ0n) is 20.9. The summed E-state index contributed by atoms with van der Waals surface area (Å²) in [6, 6.07) is 43.3. The molecule has 0 N–H and O–H groups in total. The lowest BCUT2D eigenvalue weighted by molar-refractivity contribution is 0.670. The summed E-state index contributed by atoms with van der Waals surface area (Å²) in [5.74, 6) is 1.84. The predicted octanol–water partition coefficient (Wildman–Crippen LogP) is 9.08. The third kappa shape index (κ3) is 3.50. The van der Waals surface area contributed by atoms with E-state index in [0.717, 1.165) is 49.4 Å². The van der Waals surface area contributed by atoms with Crippen LogP contribution in [0.5, 0.6) is 0 Å². The highest BCUT2D eigenvalue weighted by molar-refractivity contribution is 6.28. The molecule has 0 aliphatic carbocycles. The number of rotatable bonds is 3. The van der Waals surface area contributed by atoms with Crippen molar-refractivity contribution < 1.29 is 4.42 Å². The Kier molecular flexibility index (Phi) is 4.79. The maximum Gasteiger partial charge on any atom is 0.167 e. The van der Waals surface area contributed by atoms with E-state index < -0.39 is 0 Å². The Labute approximate surface area is 224 Å². The van der Waals surface area contributed by atoms with Crippen LogP contribution in [0.3, 0.4) is 0 Å². The van der Waals surface area contributed by atoms with Gasteiger partial charge in [-0.1, -0.05) is 115 Å². The molecule has 0 amide bonds. The summed E-state index contributed by atoms with van der Waals surface area (Å²) in [4.78, 5) is 14.9. The molecule has 0 aliphatic heterocycles. The van der Waals surface area contributed by atoms with Crippen molar-refractivity contribution in [3.05, 3.63) is 127 Å². The fourth-order valence-corrected chi connectivity index (χ4v) is 5.48. The van der Waals surface area contributed by atoms with E-state index in [-0.39, 0.29) is 0 Å². The summed E-state index contributed by atoms with van der Waals surface area (Å²) in [5, 5.41) is 6.80. The van der Waals surface area contributed by atoms with Gasteiger partial charge in [-0.05, 0) is 33.7 Å². The Hall–Kier alpha value is -5.35. The standard InChI is InChI=1S/C35H21N3O/c1-3-12-23(13-4-1)33-36-34(24-14-5-2-6-15-24)38-35(37-33)28-21-25-16-8-10-18-27(25)31-30-26-17-9-7-11-22(26)19-20-29(30)39-32(28)31/h1-21H. The van der Waals surface area contributed by atoms with E-state index in [1.165, 1.54) is 10.8 Å². The molecule has 0 saturated heterocycles. The molecule has 2 aromatic heterocycles. The molecule has 0 spiro atoms. The van der Waals surface area contributed by atoms with Crippen LogP contribution in [0.15, 0.2) is 132 Å². The summed E-state index contributed by atoms with van der Waals surface area (Å²) in [6.07, 6.45) is 0. The van der Waals surface area contributed by atoms with Crippen LogP contribution in [0, 0.1) is 0 Å². The van der Waals surface area contributed by atoms with Gasteiger partial charge in [0.15, 0.2) is 17.5 Å². The summed E-state index contributed by atoms with van der Waals surface area (Å²) >= 11 is 0. The zero-order chi connectivity index (χ0) is 25.8. The van der Waals surface area contributed by atoms with Crippen LogP contribution in [0.25, 0.3) is 77.6 Å². The van der Waals surface area contributed by atoms with Gasteiger partial charge in [-0.25, -0.2) is 15.0 Å². The fourth-order valence-electron chi connectivity index (χ4n) is 5.48. The van der Waals surface area contributed by atoms with Crippen molar-refractivity contribution in [2.45, 2.75) is 0 Å². The largest absolute Gasteiger partial charge is 0.455 e. The molecule has 4 heteroatoms. The molecular weight excluding hydrogens is 478 g/mol. The molecule has 0 radical (unpaired) electrons. The van der Waals surface area contributed by atoms with E-state index in [4.69, 9.17) is 19.4 Å². The highest BCUT2D eigenvalue weighted by Gasteiger charge is 2.21. The van der Waals surface area contributed by atoms with E-state index in [9.17, 15) is 0 Å². The van der Waals surface area contributed by atoms with E-state index in [1.54, 1.807) is 0 Å². The maximum atomic E-state index is 6.64. The molecule has 4 nitrogen and oxygen atoms in total. The van der Waals surface area contributed by atoms with Gasteiger partial charge in [-0.15, -0.1) is 0 Å². The van der Waals surface area contributed by atoms with Crippen molar-refractivity contribution in [3.8, 4) is 34.2 Å². The van der Waals surface area contributed by atoms with Gasteiger partial charge in [0, 0.05) is 21.9 Å². The minimum atomic E-state index is 0.585. The molecular formula is C35H21N3O. The topological polar surface area (TPSA) is 51.8 Å². The molecule has 0 aliphatic rings. The summed E-state index contributed by atoms with van der Waals surface area (Å²) in [7, 11) is 0. The number of aromatic nitrogens is 3. The van der Waals surface area contributed by atoms with Crippen molar-refractivity contribution in [1.82, 2.24) is 15.0 Å². The summed E-state index contributed by atoms with van der Waals surface area (Å²) in [6.45, 7) is 0. The first-order chi connectivity index (χ1) is 19.3. The van der Waals surface area contributed by atoms with E-state index in [2.05, 4.69) is 66.7 Å². The second-order valence-electron chi connectivity index (χ2n) is 9.65. The van der Waals surface area contributed by atoms with Gasteiger partial charge < -0.3 is 4.42 Å². The van der Waals surface area contributed by atoms with Gasteiger partial charge in [0.2, 0.25) is 0 Å². The number of nitrogens with zero attached hydrogens (tertiary/aromatic N) is 3. The Morgan fingerprint density at radius 3 is 1.64 bits per heavy atom. The van der Waals surface area contributed by atoms with Crippen molar-refractivity contribution in [2.75, 3.05) is 0 Å². The lowest BCUT2D eigenvalue weighted by atomic mass is 9.97. The van der Waals surface area contributed by atoms with Gasteiger partial charge in [-0.2, -0.15) is 0 Å². The van der Waals surface area contributed by atoms with Crippen molar-refractivity contribution in [3.63, 3.8) is 0 Å². The van der Waals surface area contributed by atoms with Crippen LogP contribution in [-0.4, -0.2) is 15.0 Å². The van der Waals surface area contributed by atoms with Crippen LogP contribution in [0.2, 0.25) is 0 Å². The van der Waals surface area contributed by atoms with Crippen molar-refractivity contribution >= 4 is 43.5 Å². The minimum absolute atomic E-state index is 0.585. The molecule has 0 fully saturated rings. The monoisotopic (exact) mass is 499 g/mol. The Morgan fingerprint density at radius 1 is 0.436 bits per heavy atom. The molecule has 8 rings (SSSR count). The van der Waals surface area contributed by atoms with E-state index >= 15 is 0 Å². The minimum Gasteiger partial charge on any atom is -0.455 e. The molecule has 0 atom stereocenters. The van der Waals surface area contributed by atoms with E-state index in [1.807, 2.05) is 60.7 Å². The molecule has 182 valence electrons. The van der Waals surface area contributed by atoms with Gasteiger partial charge in [0.05, 0.1) is 5.56 Å². The molecule has 39 heavy (non-hydrogen) atoms. The van der Waals surface area contributed by atoms with Crippen LogP contribution in [0.4, 0.5) is 0 Å². The van der Waals surface area contributed by atoms with Crippen LogP contribution < -0.4 is 0 Å². The third-order valence-corrected chi connectivity index (χ3v) is 7.29. The third-order valence-electron chi connectivity index (χ3n) is 7.29. The fraction of sp³-hybridized carbons (Fsp3) is 0. The zero-order valence-corrected chi connectivity index (χ0v) is 20.9. The number of furan rings is 1. The highest BCUT2D eigenvalue weighted by Crippen LogP contribution is 2.43. The number of benzene rings is 6. The quantitative estimate of drug-likeness (QED) is 0.243. The lowest BCUT2D eigenvalue weighted by Gasteiger charge is -2.10. The number of fused-ring (bicyclic) bond motifs is 7. The average Bonchev–Trinajstić information content (AvgIpc) is 3.42.